The fourth-order valence-corrected chi connectivity index (χ4v) is 2.87. The fraction of sp³-hybridized carbons (Fsp3) is 1.00. The van der Waals surface area contributed by atoms with Gasteiger partial charge in [-0.25, -0.2) is 4.72 Å². The molecule has 0 aliphatic rings. The lowest BCUT2D eigenvalue weighted by Gasteiger charge is -2.22. The molecule has 98 valence electrons. The number of hydrogen-bond donors (Lipinski definition) is 1. The van der Waals surface area contributed by atoms with Crippen LogP contribution in [0.15, 0.2) is 0 Å². The highest BCUT2D eigenvalue weighted by Crippen LogP contribution is 2.10. The third-order valence-corrected chi connectivity index (χ3v) is 4.36. The van der Waals surface area contributed by atoms with Crippen LogP contribution in [0.2, 0.25) is 0 Å². The van der Waals surface area contributed by atoms with Crippen molar-refractivity contribution in [1.29, 1.82) is 0 Å². The van der Waals surface area contributed by atoms with Crippen molar-refractivity contribution in [2.75, 3.05) is 13.6 Å². The molecule has 0 amide bonds. The van der Waals surface area contributed by atoms with Crippen LogP contribution in [0.1, 0.15) is 34.1 Å². The van der Waals surface area contributed by atoms with Gasteiger partial charge >= 0.3 is 0 Å². The molecule has 0 aromatic heterocycles. The number of alkyl halides is 1. The summed E-state index contributed by atoms with van der Waals surface area (Å²) < 4.78 is 27.2. The molecule has 6 heteroatoms. The zero-order chi connectivity index (χ0) is 12.9. The van der Waals surface area contributed by atoms with E-state index in [0.29, 0.717) is 5.92 Å². The van der Waals surface area contributed by atoms with Gasteiger partial charge in [-0.2, -0.15) is 12.7 Å². The first-order valence-corrected chi connectivity index (χ1v) is 7.41. The van der Waals surface area contributed by atoms with Crippen LogP contribution >= 0.6 is 11.6 Å². The smallest absolute Gasteiger partial charge is 0.201 e. The summed E-state index contributed by atoms with van der Waals surface area (Å²) in [5.74, 6) is 0.467. The molecule has 0 aliphatic heterocycles. The summed E-state index contributed by atoms with van der Waals surface area (Å²) in [5.41, 5.74) is 0. The van der Waals surface area contributed by atoms with E-state index in [1.54, 1.807) is 7.05 Å². The Morgan fingerprint density at radius 3 is 2.12 bits per heavy atom. The molecule has 0 radical (unpaired) electrons. The van der Waals surface area contributed by atoms with E-state index in [2.05, 4.69) is 18.6 Å². The van der Waals surface area contributed by atoms with E-state index >= 15 is 0 Å². The summed E-state index contributed by atoms with van der Waals surface area (Å²) in [4.78, 5) is 0. The highest BCUT2D eigenvalue weighted by atomic mass is 35.5. The van der Waals surface area contributed by atoms with Crippen LogP contribution in [-0.2, 0) is 10.2 Å². The Bertz CT molecular complexity index is 291. The summed E-state index contributed by atoms with van der Waals surface area (Å²) in [5, 5.41) is -0.157. The Hall–Kier alpha value is 0.160. The minimum Gasteiger partial charge on any atom is -0.201 e. The van der Waals surface area contributed by atoms with Gasteiger partial charge in [-0.15, -0.1) is 11.6 Å². The molecule has 0 aliphatic carbocycles. The van der Waals surface area contributed by atoms with Crippen LogP contribution in [0.4, 0.5) is 0 Å². The standard InChI is InChI=1S/C10H23ClN2O2S/c1-8(2)6-10(11)7-12-16(14,15)13(5)9(3)4/h8-10,12H,6-7H2,1-5H3. The van der Waals surface area contributed by atoms with Crippen LogP contribution in [0.5, 0.6) is 0 Å². The maximum absolute atomic E-state index is 11.7. The molecule has 0 heterocycles. The normalized spacial score (nSPS) is 15.1. The van der Waals surface area contributed by atoms with Gasteiger partial charge in [-0.05, 0) is 26.2 Å². The van der Waals surface area contributed by atoms with Crippen LogP contribution in [-0.4, -0.2) is 37.7 Å². The maximum atomic E-state index is 11.7. The molecule has 0 rings (SSSR count). The van der Waals surface area contributed by atoms with Gasteiger partial charge in [0.05, 0.1) is 0 Å². The third-order valence-electron chi connectivity index (χ3n) is 2.32. The largest absolute Gasteiger partial charge is 0.279 e. The second kappa shape index (κ2) is 6.79. The molecule has 1 N–H and O–H groups in total. The van der Waals surface area contributed by atoms with Crippen molar-refractivity contribution in [2.24, 2.45) is 5.92 Å². The first kappa shape index (κ1) is 16.2. The lowest BCUT2D eigenvalue weighted by molar-refractivity contribution is 0.401. The van der Waals surface area contributed by atoms with E-state index < -0.39 is 10.2 Å². The highest BCUT2D eigenvalue weighted by Gasteiger charge is 2.21. The Morgan fingerprint density at radius 1 is 1.25 bits per heavy atom. The van der Waals surface area contributed by atoms with Gasteiger partial charge in [0.15, 0.2) is 0 Å². The van der Waals surface area contributed by atoms with E-state index in [1.807, 2.05) is 13.8 Å². The predicted molar refractivity (Wildman–Crippen MR) is 68.9 cm³/mol. The highest BCUT2D eigenvalue weighted by molar-refractivity contribution is 7.87. The molecule has 16 heavy (non-hydrogen) atoms. The number of nitrogens with one attached hydrogen (secondary N) is 1. The van der Waals surface area contributed by atoms with Crippen molar-refractivity contribution in [1.82, 2.24) is 9.03 Å². The third kappa shape index (κ3) is 6.03. The number of rotatable bonds is 7. The van der Waals surface area contributed by atoms with E-state index in [-0.39, 0.29) is 18.0 Å². The van der Waals surface area contributed by atoms with Gasteiger partial charge < -0.3 is 0 Å². The zero-order valence-electron chi connectivity index (χ0n) is 10.7. The number of nitrogens with zero attached hydrogens (tertiary/aromatic N) is 1. The molecule has 0 aromatic rings. The molecule has 0 bridgehead atoms. The van der Waals surface area contributed by atoms with Crippen LogP contribution in [0.3, 0.4) is 0 Å². The van der Waals surface area contributed by atoms with Gasteiger partial charge in [0, 0.05) is 25.0 Å². The number of halogens is 1. The molecule has 1 unspecified atom stereocenters. The predicted octanol–water partition coefficient (Wildman–Crippen LogP) is 1.81. The van der Waals surface area contributed by atoms with E-state index in [0.717, 1.165) is 6.42 Å². The van der Waals surface area contributed by atoms with Gasteiger partial charge in [-0.1, -0.05) is 13.8 Å². The average molecular weight is 271 g/mol. The molecule has 0 saturated heterocycles. The van der Waals surface area contributed by atoms with Crippen molar-refractivity contribution in [3.05, 3.63) is 0 Å². The molecular weight excluding hydrogens is 248 g/mol. The van der Waals surface area contributed by atoms with Crippen LogP contribution in [0.25, 0.3) is 0 Å². The van der Waals surface area contributed by atoms with Crippen LogP contribution in [0, 0.1) is 5.92 Å². The lowest BCUT2D eigenvalue weighted by Crippen LogP contribution is -2.43. The van der Waals surface area contributed by atoms with Crippen molar-refractivity contribution in [2.45, 2.75) is 45.5 Å². The molecular formula is C10H23ClN2O2S. The van der Waals surface area contributed by atoms with Crippen molar-refractivity contribution in [3.8, 4) is 0 Å². The molecule has 1 atom stereocenters. The van der Waals surface area contributed by atoms with Crippen molar-refractivity contribution >= 4 is 21.8 Å². The minimum atomic E-state index is -3.39. The van der Waals surface area contributed by atoms with Gasteiger partial charge in [-0.3, -0.25) is 0 Å². The minimum absolute atomic E-state index is 0.0589. The topological polar surface area (TPSA) is 49.4 Å². The SMILES string of the molecule is CC(C)CC(Cl)CNS(=O)(=O)N(C)C(C)C. The maximum Gasteiger partial charge on any atom is 0.279 e. The second-order valence-corrected chi connectivity index (χ2v) is 7.12. The van der Waals surface area contributed by atoms with Gasteiger partial charge in [0.2, 0.25) is 0 Å². The number of hydrogen-bond acceptors (Lipinski definition) is 2. The second-order valence-electron chi connectivity index (χ2n) is 4.69. The van der Waals surface area contributed by atoms with E-state index in [4.69, 9.17) is 11.6 Å². The Kier molecular flexibility index (Phi) is 6.86. The average Bonchev–Trinajstić information content (AvgIpc) is 2.12. The van der Waals surface area contributed by atoms with Gasteiger partial charge in [0.1, 0.15) is 0 Å². The summed E-state index contributed by atoms with van der Waals surface area (Å²) in [6, 6.07) is -0.0589. The van der Waals surface area contributed by atoms with Crippen molar-refractivity contribution < 1.29 is 8.42 Å². The Labute approximate surface area is 105 Å². The summed E-state index contributed by atoms with van der Waals surface area (Å²) in [6.45, 7) is 8.05. The first-order valence-electron chi connectivity index (χ1n) is 5.53. The molecule has 4 nitrogen and oxygen atoms in total. The lowest BCUT2D eigenvalue weighted by atomic mass is 10.1. The van der Waals surface area contributed by atoms with Gasteiger partial charge in [0.25, 0.3) is 10.2 Å². The van der Waals surface area contributed by atoms with Crippen LogP contribution < -0.4 is 4.72 Å². The molecule has 0 spiro atoms. The first-order chi connectivity index (χ1) is 7.16. The monoisotopic (exact) mass is 270 g/mol. The van der Waals surface area contributed by atoms with E-state index in [1.165, 1.54) is 4.31 Å². The Balaban J connectivity index is 4.19. The molecule has 0 saturated carbocycles. The van der Waals surface area contributed by atoms with Crippen molar-refractivity contribution in [3.63, 3.8) is 0 Å². The Morgan fingerprint density at radius 2 is 1.75 bits per heavy atom. The quantitative estimate of drug-likeness (QED) is 0.718. The van der Waals surface area contributed by atoms with E-state index in [9.17, 15) is 8.42 Å². The summed E-state index contributed by atoms with van der Waals surface area (Å²) in [6.07, 6.45) is 0.801. The zero-order valence-corrected chi connectivity index (χ0v) is 12.3. The summed E-state index contributed by atoms with van der Waals surface area (Å²) in [7, 11) is -1.84. The summed E-state index contributed by atoms with van der Waals surface area (Å²) >= 11 is 6.02. The molecule has 0 fully saturated rings. The molecule has 0 aromatic carbocycles. The fourth-order valence-electron chi connectivity index (χ4n) is 1.17.